The first kappa shape index (κ1) is 32.8. The number of hydrogen-bond acceptors (Lipinski definition) is 5. The van der Waals surface area contributed by atoms with Gasteiger partial charge in [0.2, 0.25) is 0 Å². The predicted molar refractivity (Wildman–Crippen MR) is 222 cm³/mol. The fourth-order valence-electron chi connectivity index (χ4n) is 7.13. The fraction of sp³-hybridized carbons (Fsp3) is 0.0408. The fourth-order valence-corrected chi connectivity index (χ4v) is 7.13. The highest BCUT2D eigenvalue weighted by molar-refractivity contribution is 6.02. The van der Waals surface area contributed by atoms with Gasteiger partial charge in [-0.15, -0.1) is 0 Å². The lowest BCUT2D eigenvalue weighted by Crippen LogP contribution is -2.01. The topological polar surface area (TPSA) is 64.5 Å². The van der Waals surface area contributed by atoms with Crippen molar-refractivity contribution >= 4 is 27.8 Å². The third-order valence-corrected chi connectivity index (χ3v) is 9.77. The zero-order chi connectivity index (χ0) is 36.4. The summed E-state index contributed by atoms with van der Waals surface area (Å²) in [6.07, 6.45) is 6.22. The number of aryl methyl sites for hydroxylation is 1. The normalized spacial score (nSPS) is 11.4. The van der Waals surface area contributed by atoms with Crippen LogP contribution in [0.5, 0.6) is 0 Å². The summed E-state index contributed by atoms with van der Waals surface area (Å²) in [7, 11) is 0. The molecule has 9 rings (SSSR count). The smallest absolute Gasteiger partial charge is 0.164 e. The number of allylic oxidation sites excluding steroid dienone is 1. The van der Waals surface area contributed by atoms with E-state index in [1.54, 1.807) is 0 Å². The molecule has 256 valence electrons. The molecule has 2 heterocycles. The summed E-state index contributed by atoms with van der Waals surface area (Å²) in [5.41, 5.74) is 11.4. The Kier molecular flexibility index (Phi) is 8.58. The second-order valence-corrected chi connectivity index (χ2v) is 13.4. The van der Waals surface area contributed by atoms with E-state index in [1.807, 2.05) is 91.1 Å². The summed E-state index contributed by atoms with van der Waals surface area (Å²) in [6, 6.07) is 54.3. The molecule has 5 heteroatoms. The van der Waals surface area contributed by atoms with E-state index in [-0.39, 0.29) is 0 Å². The van der Waals surface area contributed by atoms with Crippen LogP contribution in [0, 0.1) is 6.92 Å². The van der Waals surface area contributed by atoms with Crippen LogP contribution in [0.25, 0.3) is 95.6 Å². The number of aromatic nitrogens is 5. The number of fused-ring (bicyclic) bond motifs is 2. The van der Waals surface area contributed by atoms with Gasteiger partial charge >= 0.3 is 0 Å². The lowest BCUT2D eigenvalue weighted by molar-refractivity contribution is 1.07. The van der Waals surface area contributed by atoms with E-state index in [0.717, 1.165) is 44.3 Å². The minimum atomic E-state index is 0.574. The predicted octanol–water partition coefficient (Wildman–Crippen LogP) is 12.3. The van der Waals surface area contributed by atoms with Crippen molar-refractivity contribution in [3.63, 3.8) is 0 Å². The van der Waals surface area contributed by atoms with Crippen LogP contribution < -0.4 is 0 Å². The van der Waals surface area contributed by atoms with Crippen molar-refractivity contribution in [2.45, 2.75) is 13.8 Å². The first-order valence-electron chi connectivity index (χ1n) is 18.1. The lowest BCUT2D eigenvalue weighted by atomic mass is 9.89. The summed E-state index contributed by atoms with van der Waals surface area (Å²) in [4.78, 5) is 24.9. The summed E-state index contributed by atoms with van der Waals surface area (Å²) in [6.45, 7) is 4.26. The second kappa shape index (κ2) is 14.1. The van der Waals surface area contributed by atoms with Crippen molar-refractivity contribution in [1.29, 1.82) is 0 Å². The van der Waals surface area contributed by atoms with Gasteiger partial charge in [-0.3, -0.25) is 0 Å². The molecule has 5 nitrogen and oxygen atoms in total. The minimum absolute atomic E-state index is 0.574. The summed E-state index contributed by atoms with van der Waals surface area (Å²) in [5.74, 6) is 2.43. The third kappa shape index (κ3) is 6.33. The van der Waals surface area contributed by atoms with Crippen LogP contribution in [0.1, 0.15) is 18.1 Å². The van der Waals surface area contributed by atoms with Gasteiger partial charge in [0.05, 0.1) is 5.52 Å². The molecule has 54 heavy (non-hydrogen) atoms. The number of para-hydroxylation sites is 1. The van der Waals surface area contributed by atoms with Crippen molar-refractivity contribution in [2.75, 3.05) is 0 Å². The van der Waals surface area contributed by atoms with E-state index in [2.05, 4.69) is 98.8 Å². The van der Waals surface area contributed by atoms with Crippen LogP contribution in [0.15, 0.2) is 170 Å². The largest absolute Gasteiger partial charge is 0.236 e. The molecule has 0 atom stereocenters. The van der Waals surface area contributed by atoms with Gasteiger partial charge in [-0.05, 0) is 82.3 Å². The van der Waals surface area contributed by atoms with Crippen molar-refractivity contribution in [3.05, 3.63) is 181 Å². The Morgan fingerprint density at radius 1 is 0.426 bits per heavy atom. The Hall–Kier alpha value is -7.11. The van der Waals surface area contributed by atoms with Gasteiger partial charge in [0.1, 0.15) is 0 Å². The Bertz CT molecular complexity index is 2770. The number of hydrogen-bond donors (Lipinski definition) is 0. The van der Waals surface area contributed by atoms with Crippen LogP contribution in [-0.4, -0.2) is 24.9 Å². The molecule has 0 spiro atoms. The molecule has 0 unspecified atom stereocenters. The average Bonchev–Trinajstić information content (AvgIpc) is 3.24. The van der Waals surface area contributed by atoms with E-state index in [0.29, 0.717) is 23.3 Å². The van der Waals surface area contributed by atoms with Crippen LogP contribution >= 0.6 is 0 Å². The van der Waals surface area contributed by atoms with Gasteiger partial charge < -0.3 is 0 Å². The van der Waals surface area contributed by atoms with Gasteiger partial charge in [0.25, 0.3) is 0 Å². The van der Waals surface area contributed by atoms with Gasteiger partial charge in [-0.1, -0.05) is 146 Å². The van der Waals surface area contributed by atoms with Crippen LogP contribution in [-0.2, 0) is 0 Å². The van der Waals surface area contributed by atoms with Crippen molar-refractivity contribution in [2.24, 2.45) is 0 Å². The first-order chi connectivity index (χ1) is 26.6. The summed E-state index contributed by atoms with van der Waals surface area (Å²) >= 11 is 0. The van der Waals surface area contributed by atoms with Crippen molar-refractivity contribution < 1.29 is 0 Å². The Labute approximate surface area is 314 Å². The Morgan fingerprint density at radius 3 is 1.63 bits per heavy atom. The molecule has 0 bridgehead atoms. The SMILES string of the molecule is C/C=C\c1c(C)cc2ccccc2c1-c1ccc(-c2cc(-c3nc(-c4ccccc4)nc(-c4ccccc4)n3)cc(-c3ncc4ccccc4n3)c2)cc1. The van der Waals surface area contributed by atoms with E-state index < -0.39 is 0 Å². The van der Waals surface area contributed by atoms with Gasteiger partial charge in [-0.25, -0.2) is 24.9 Å². The molecule has 7 aromatic carbocycles. The quantitative estimate of drug-likeness (QED) is 0.166. The Balaban J connectivity index is 1.23. The molecule has 0 N–H and O–H groups in total. The van der Waals surface area contributed by atoms with Gasteiger partial charge in [-0.2, -0.15) is 0 Å². The second-order valence-electron chi connectivity index (χ2n) is 13.4. The standard InChI is InChI=1S/C49H35N5/c1-3-14-42-32(2)27-37-19-10-12-21-43(37)45(42)34-25-23-33(24-26-34)39-28-40(46-50-31-38-20-11-13-22-44(38)51-46)30-41(29-39)49-53-47(35-15-6-4-7-16-35)52-48(54-49)36-17-8-5-9-18-36/h3-31H,1-2H3/b14-3-. The zero-order valence-corrected chi connectivity index (χ0v) is 30.0. The Morgan fingerprint density at radius 2 is 0.963 bits per heavy atom. The molecule has 0 fully saturated rings. The highest BCUT2D eigenvalue weighted by atomic mass is 15.0. The van der Waals surface area contributed by atoms with E-state index in [4.69, 9.17) is 24.9 Å². The molecular formula is C49H35N5. The summed E-state index contributed by atoms with van der Waals surface area (Å²) in [5, 5.41) is 3.46. The maximum Gasteiger partial charge on any atom is 0.164 e. The molecule has 0 amide bonds. The highest BCUT2D eigenvalue weighted by Gasteiger charge is 2.17. The molecule has 0 saturated carbocycles. The van der Waals surface area contributed by atoms with Crippen LogP contribution in [0.4, 0.5) is 0 Å². The third-order valence-electron chi connectivity index (χ3n) is 9.77. The van der Waals surface area contributed by atoms with E-state index in [9.17, 15) is 0 Å². The molecule has 0 aliphatic rings. The average molecular weight is 694 g/mol. The molecule has 0 aliphatic carbocycles. The maximum atomic E-state index is 5.07. The molecule has 0 radical (unpaired) electrons. The minimum Gasteiger partial charge on any atom is -0.236 e. The van der Waals surface area contributed by atoms with E-state index >= 15 is 0 Å². The first-order valence-corrected chi connectivity index (χ1v) is 18.1. The van der Waals surface area contributed by atoms with Gasteiger partial charge in [0.15, 0.2) is 23.3 Å². The molecule has 2 aromatic heterocycles. The van der Waals surface area contributed by atoms with Crippen LogP contribution in [0.2, 0.25) is 0 Å². The van der Waals surface area contributed by atoms with Crippen molar-refractivity contribution in [1.82, 2.24) is 24.9 Å². The molecular weight excluding hydrogens is 659 g/mol. The maximum absolute atomic E-state index is 5.07. The van der Waals surface area contributed by atoms with Crippen LogP contribution in [0.3, 0.4) is 0 Å². The van der Waals surface area contributed by atoms with Gasteiger partial charge in [0, 0.05) is 33.8 Å². The number of nitrogens with zero attached hydrogens (tertiary/aromatic N) is 5. The molecule has 0 saturated heterocycles. The molecule has 9 aromatic rings. The molecule has 0 aliphatic heterocycles. The van der Waals surface area contributed by atoms with Crippen molar-refractivity contribution in [3.8, 4) is 67.8 Å². The van der Waals surface area contributed by atoms with E-state index in [1.165, 1.54) is 33.0 Å². The lowest BCUT2D eigenvalue weighted by Gasteiger charge is -2.15. The number of benzene rings is 7. The summed E-state index contributed by atoms with van der Waals surface area (Å²) < 4.78 is 0. The monoisotopic (exact) mass is 693 g/mol. The zero-order valence-electron chi connectivity index (χ0n) is 30.0. The highest BCUT2D eigenvalue weighted by Crippen LogP contribution is 2.38. The number of rotatable bonds is 7.